The van der Waals surface area contributed by atoms with Crippen molar-refractivity contribution in [1.29, 1.82) is 0 Å². The van der Waals surface area contributed by atoms with Gasteiger partial charge in [0.15, 0.2) is 0 Å². The van der Waals surface area contributed by atoms with Gasteiger partial charge >= 0.3 is 0 Å². The molecule has 2 aliphatic rings. The Labute approximate surface area is 154 Å². The molecule has 0 fully saturated rings. The van der Waals surface area contributed by atoms with Crippen molar-refractivity contribution in [2.24, 2.45) is 0 Å². The molecule has 0 saturated carbocycles. The number of amides is 2. The summed E-state index contributed by atoms with van der Waals surface area (Å²) in [6.45, 7) is 0. The normalized spacial score (nSPS) is 20.1. The fourth-order valence-electron chi connectivity index (χ4n) is 3.81. The summed E-state index contributed by atoms with van der Waals surface area (Å²) in [7, 11) is 0. The lowest BCUT2D eigenvalue weighted by molar-refractivity contribution is -0.119. The Morgan fingerprint density at radius 2 is 1.59 bits per heavy atom. The highest BCUT2D eigenvalue weighted by molar-refractivity contribution is 6.21. The Kier molecular flexibility index (Phi) is 3.12. The summed E-state index contributed by atoms with van der Waals surface area (Å²) in [6.07, 6.45) is 0. The van der Waals surface area contributed by atoms with Gasteiger partial charge in [-0.05, 0) is 42.5 Å². The van der Waals surface area contributed by atoms with Crippen molar-refractivity contribution in [3.05, 3.63) is 89.7 Å². The topological polar surface area (TPSA) is 61.4 Å². The third-order valence-electron chi connectivity index (χ3n) is 4.97. The van der Waals surface area contributed by atoms with E-state index in [4.69, 9.17) is 0 Å². The number of benzene rings is 3. The van der Waals surface area contributed by atoms with Crippen LogP contribution in [-0.4, -0.2) is 11.8 Å². The lowest BCUT2D eigenvalue weighted by atomic mass is 9.92. The quantitative estimate of drug-likeness (QED) is 0.696. The average molecular weight is 359 g/mol. The Morgan fingerprint density at radius 1 is 0.852 bits per heavy atom. The van der Waals surface area contributed by atoms with Gasteiger partial charge in [0.2, 0.25) is 5.66 Å². The van der Waals surface area contributed by atoms with Crippen molar-refractivity contribution in [2.75, 3.05) is 15.5 Å². The molecule has 0 bridgehead atoms. The molecule has 1 unspecified atom stereocenters. The molecule has 132 valence electrons. The molecule has 0 saturated heterocycles. The molecule has 3 aromatic carbocycles. The van der Waals surface area contributed by atoms with Crippen molar-refractivity contribution in [3.8, 4) is 0 Å². The first kappa shape index (κ1) is 15.6. The molecule has 2 aliphatic heterocycles. The van der Waals surface area contributed by atoms with Crippen LogP contribution in [0, 0.1) is 5.82 Å². The van der Waals surface area contributed by atoms with E-state index in [1.165, 1.54) is 23.1 Å². The van der Waals surface area contributed by atoms with Gasteiger partial charge in [-0.1, -0.05) is 30.3 Å². The number of rotatable bonds is 1. The smallest absolute Gasteiger partial charge is 0.276 e. The second kappa shape index (κ2) is 5.41. The van der Waals surface area contributed by atoms with E-state index in [0.29, 0.717) is 28.2 Å². The summed E-state index contributed by atoms with van der Waals surface area (Å²) in [6, 6.07) is 20.1. The number of halogens is 1. The molecule has 3 aromatic rings. The minimum atomic E-state index is -1.49. The van der Waals surface area contributed by atoms with E-state index in [-0.39, 0.29) is 5.91 Å². The molecule has 27 heavy (non-hydrogen) atoms. The maximum atomic E-state index is 13.7. The van der Waals surface area contributed by atoms with Crippen molar-refractivity contribution in [1.82, 2.24) is 0 Å². The molecule has 2 heterocycles. The molecular formula is C21H14FN3O2. The number of hydrogen-bond acceptors (Lipinski definition) is 3. The summed E-state index contributed by atoms with van der Waals surface area (Å²) in [4.78, 5) is 28.0. The molecule has 5 rings (SSSR count). The average Bonchev–Trinajstić information content (AvgIpc) is 2.93. The largest absolute Gasteiger partial charge is 0.350 e. The zero-order valence-corrected chi connectivity index (χ0v) is 14.1. The van der Waals surface area contributed by atoms with Crippen LogP contribution < -0.4 is 15.5 Å². The van der Waals surface area contributed by atoms with Gasteiger partial charge < -0.3 is 10.6 Å². The molecule has 1 spiro atoms. The third-order valence-corrected chi connectivity index (χ3v) is 4.97. The molecule has 0 radical (unpaired) electrons. The first-order valence-electron chi connectivity index (χ1n) is 8.49. The van der Waals surface area contributed by atoms with E-state index >= 15 is 0 Å². The minimum Gasteiger partial charge on any atom is -0.350 e. The van der Waals surface area contributed by atoms with Gasteiger partial charge in [-0.25, -0.2) is 4.39 Å². The number of fused-ring (bicyclic) bond motifs is 3. The van der Waals surface area contributed by atoms with Crippen LogP contribution in [0.1, 0.15) is 15.9 Å². The SMILES string of the molecule is O=C1c2ccccc2NC2(C(=O)Nc3cc(F)ccc32)N1c1ccccc1. The minimum absolute atomic E-state index is 0.303. The van der Waals surface area contributed by atoms with Crippen molar-refractivity contribution in [2.45, 2.75) is 5.66 Å². The number of nitrogens with zero attached hydrogens (tertiary/aromatic N) is 1. The molecule has 0 aliphatic carbocycles. The number of hydrogen-bond donors (Lipinski definition) is 2. The Balaban J connectivity index is 1.82. The summed E-state index contributed by atoms with van der Waals surface area (Å²) >= 11 is 0. The van der Waals surface area contributed by atoms with E-state index < -0.39 is 17.4 Å². The molecular weight excluding hydrogens is 345 g/mol. The highest BCUT2D eigenvalue weighted by Crippen LogP contribution is 2.47. The van der Waals surface area contributed by atoms with Crippen LogP contribution in [0.4, 0.5) is 21.5 Å². The van der Waals surface area contributed by atoms with Crippen molar-refractivity contribution in [3.63, 3.8) is 0 Å². The zero-order chi connectivity index (χ0) is 18.6. The van der Waals surface area contributed by atoms with Gasteiger partial charge in [-0.3, -0.25) is 14.5 Å². The van der Waals surface area contributed by atoms with Crippen LogP contribution in [0.3, 0.4) is 0 Å². The van der Waals surface area contributed by atoms with Gasteiger partial charge in [0.05, 0.1) is 11.3 Å². The number of anilines is 3. The van der Waals surface area contributed by atoms with E-state index in [9.17, 15) is 14.0 Å². The molecule has 6 heteroatoms. The number of nitrogens with one attached hydrogen (secondary N) is 2. The lowest BCUT2D eigenvalue weighted by Crippen LogP contribution is -2.61. The second-order valence-electron chi connectivity index (χ2n) is 6.50. The first-order chi connectivity index (χ1) is 13.1. The summed E-state index contributed by atoms with van der Waals surface area (Å²) in [5, 5.41) is 5.96. The molecule has 2 amide bonds. The maximum Gasteiger partial charge on any atom is 0.276 e. The monoisotopic (exact) mass is 359 g/mol. The van der Waals surface area contributed by atoms with Gasteiger partial charge in [-0.15, -0.1) is 0 Å². The summed E-state index contributed by atoms with van der Waals surface area (Å²) < 4.78 is 13.7. The summed E-state index contributed by atoms with van der Waals surface area (Å²) in [5.41, 5.74) is 0.950. The van der Waals surface area contributed by atoms with Crippen LogP contribution >= 0.6 is 0 Å². The van der Waals surface area contributed by atoms with Crippen molar-refractivity contribution >= 4 is 28.9 Å². The zero-order valence-electron chi connectivity index (χ0n) is 14.1. The fraction of sp³-hybridized carbons (Fsp3) is 0.0476. The molecule has 2 N–H and O–H groups in total. The van der Waals surface area contributed by atoms with Crippen LogP contribution in [0.2, 0.25) is 0 Å². The Bertz CT molecular complexity index is 1100. The van der Waals surface area contributed by atoms with Crippen LogP contribution in [-0.2, 0) is 10.5 Å². The highest BCUT2D eigenvalue weighted by Gasteiger charge is 2.57. The lowest BCUT2D eigenvalue weighted by Gasteiger charge is -2.44. The van der Waals surface area contributed by atoms with Gasteiger partial charge in [-0.2, -0.15) is 0 Å². The van der Waals surface area contributed by atoms with E-state index in [1.807, 2.05) is 6.07 Å². The van der Waals surface area contributed by atoms with Crippen LogP contribution in [0.15, 0.2) is 72.8 Å². The highest BCUT2D eigenvalue weighted by atomic mass is 19.1. The number of para-hydroxylation sites is 2. The summed E-state index contributed by atoms with van der Waals surface area (Å²) in [5.74, 6) is -1.20. The predicted octanol–water partition coefficient (Wildman–Crippen LogP) is 3.70. The van der Waals surface area contributed by atoms with Gasteiger partial charge in [0.25, 0.3) is 11.8 Å². The van der Waals surface area contributed by atoms with Gasteiger partial charge in [0, 0.05) is 16.9 Å². The van der Waals surface area contributed by atoms with E-state index in [1.54, 1.807) is 48.5 Å². The first-order valence-corrected chi connectivity index (χ1v) is 8.49. The van der Waals surface area contributed by atoms with Crippen LogP contribution in [0.5, 0.6) is 0 Å². The molecule has 1 atom stereocenters. The Morgan fingerprint density at radius 3 is 2.41 bits per heavy atom. The maximum absolute atomic E-state index is 13.7. The standard InChI is InChI=1S/C21H14FN3O2/c22-13-10-11-16-18(12-13)23-20(27)21(16)24-17-9-5-4-8-15(17)19(26)25(21)14-6-2-1-3-7-14/h1-12,24H,(H,23,27). The number of carbonyl (C=O) groups excluding carboxylic acids is 2. The van der Waals surface area contributed by atoms with Crippen molar-refractivity contribution < 1.29 is 14.0 Å². The van der Waals surface area contributed by atoms with Gasteiger partial charge in [0.1, 0.15) is 5.82 Å². The third kappa shape index (κ3) is 2.04. The van der Waals surface area contributed by atoms with E-state index in [2.05, 4.69) is 10.6 Å². The fourth-order valence-corrected chi connectivity index (χ4v) is 3.81. The van der Waals surface area contributed by atoms with Crippen LogP contribution in [0.25, 0.3) is 0 Å². The van der Waals surface area contributed by atoms with E-state index in [0.717, 1.165) is 0 Å². The Hall–Kier alpha value is -3.67. The molecule has 0 aromatic heterocycles. The predicted molar refractivity (Wildman–Crippen MR) is 100 cm³/mol. The number of carbonyl (C=O) groups is 2. The second-order valence-corrected chi connectivity index (χ2v) is 6.50. The molecule has 5 nitrogen and oxygen atoms in total.